The Morgan fingerprint density at radius 2 is 1.74 bits per heavy atom. The number of likely N-dealkylation sites (tertiary alicyclic amines) is 1. The van der Waals surface area contributed by atoms with Crippen molar-refractivity contribution in [1.82, 2.24) is 25.3 Å². The fraction of sp³-hybridized carbons (Fsp3) is 0.412. The van der Waals surface area contributed by atoms with E-state index in [-0.39, 0.29) is 48.6 Å². The van der Waals surface area contributed by atoms with E-state index >= 15 is 0 Å². The van der Waals surface area contributed by atoms with Crippen LogP contribution in [0.1, 0.15) is 57.5 Å². The second-order valence-corrected chi connectivity index (χ2v) is 12.1. The summed E-state index contributed by atoms with van der Waals surface area (Å²) >= 11 is 0. The van der Waals surface area contributed by atoms with Crippen molar-refractivity contribution in [3.63, 3.8) is 0 Å². The number of morpholine rings is 1. The van der Waals surface area contributed by atoms with Crippen LogP contribution in [0.2, 0.25) is 0 Å². The Morgan fingerprint density at radius 3 is 2.51 bits per heavy atom. The summed E-state index contributed by atoms with van der Waals surface area (Å²) in [5.41, 5.74) is 2.10. The van der Waals surface area contributed by atoms with E-state index in [1.165, 1.54) is 6.08 Å². The van der Waals surface area contributed by atoms with E-state index in [0.717, 1.165) is 10.5 Å². The van der Waals surface area contributed by atoms with Gasteiger partial charge in [-0.05, 0) is 42.5 Å². The predicted molar refractivity (Wildman–Crippen MR) is 167 cm³/mol. The van der Waals surface area contributed by atoms with Crippen molar-refractivity contribution in [1.29, 1.82) is 0 Å². The van der Waals surface area contributed by atoms with Crippen LogP contribution in [-0.2, 0) is 37.0 Å². The molecule has 0 aliphatic carbocycles. The molecule has 0 aromatic heterocycles. The molecule has 2 N–H and O–H groups in total. The van der Waals surface area contributed by atoms with Gasteiger partial charge in [0.25, 0.3) is 11.8 Å². The topological polar surface area (TPSA) is 155 Å². The highest BCUT2D eigenvalue weighted by Crippen LogP contribution is 2.31. The number of rotatable bonds is 8. The first-order chi connectivity index (χ1) is 22.8. The van der Waals surface area contributed by atoms with E-state index in [4.69, 9.17) is 9.47 Å². The van der Waals surface area contributed by atoms with E-state index in [1.807, 2.05) is 30.3 Å². The molecule has 2 aromatic carbocycles. The molecule has 1 unspecified atom stereocenters. The highest BCUT2D eigenvalue weighted by atomic mass is 16.5. The molecule has 6 rings (SSSR count). The zero-order chi connectivity index (χ0) is 32.9. The molecule has 47 heavy (non-hydrogen) atoms. The van der Waals surface area contributed by atoms with Gasteiger partial charge in [0, 0.05) is 51.3 Å². The molecular weight excluding hydrogens is 606 g/mol. The summed E-state index contributed by atoms with van der Waals surface area (Å²) in [6.07, 6.45) is 3.85. The number of fused-ring (bicyclic) bond motifs is 1. The van der Waals surface area contributed by atoms with Crippen molar-refractivity contribution in [3.8, 4) is 0 Å². The summed E-state index contributed by atoms with van der Waals surface area (Å²) in [5, 5.41) is 5.10. The number of ether oxygens (including phenoxy) is 2. The SMILES string of the molecule is O=C1CCC(N2C(=O)c3cccc(CN4CCO[C@@H](/C=C/C(=O)N5CCC(NC(=O)OCc6ccccc6)CC5)C4)c3C2=O)C(=O)N1. The Kier molecular flexibility index (Phi) is 9.73. The highest BCUT2D eigenvalue weighted by Gasteiger charge is 2.45. The van der Waals surface area contributed by atoms with E-state index in [0.29, 0.717) is 57.7 Å². The average Bonchev–Trinajstić information content (AvgIpc) is 3.33. The number of nitrogens with zero attached hydrogens (tertiary/aromatic N) is 3. The largest absolute Gasteiger partial charge is 0.445 e. The molecule has 2 atom stereocenters. The van der Waals surface area contributed by atoms with Gasteiger partial charge in [0.1, 0.15) is 12.6 Å². The fourth-order valence-corrected chi connectivity index (χ4v) is 6.42. The van der Waals surface area contributed by atoms with Crippen LogP contribution in [0.15, 0.2) is 60.7 Å². The van der Waals surface area contributed by atoms with Crippen LogP contribution in [0.4, 0.5) is 4.79 Å². The highest BCUT2D eigenvalue weighted by molar-refractivity contribution is 6.24. The van der Waals surface area contributed by atoms with Crippen LogP contribution in [-0.4, -0.2) is 101 Å². The standard InChI is InChI=1S/C34H37N5O8/c40-28-11-10-27(31(42)36-28)39-32(43)26-8-4-7-23(30(26)33(39)44)19-37-17-18-46-25(20-37)9-12-29(41)38-15-13-24(14-16-38)35-34(45)47-21-22-5-2-1-3-6-22/h1-9,12,24-25,27H,10-11,13-21H2,(H,35,45)(H,36,40,42)/b12-9+/t25-,27?/m0/s1. The summed E-state index contributed by atoms with van der Waals surface area (Å²) in [6, 6.07) is 13.5. The third-order valence-electron chi connectivity index (χ3n) is 8.92. The maximum Gasteiger partial charge on any atom is 0.407 e. The lowest BCUT2D eigenvalue weighted by molar-refractivity contribution is -0.136. The number of carbonyl (C=O) groups excluding carboxylic acids is 6. The molecule has 4 aliphatic heterocycles. The smallest absolute Gasteiger partial charge is 0.407 e. The van der Waals surface area contributed by atoms with Gasteiger partial charge in [-0.1, -0.05) is 42.5 Å². The molecule has 13 nitrogen and oxygen atoms in total. The molecule has 6 amide bonds. The van der Waals surface area contributed by atoms with Gasteiger partial charge in [0.05, 0.1) is 23.8 Å². The summed E-state index contributed by atoms with van der Waals surface area (Å²) in [4.78, 5) is 80.7. The molecule has 4 heterocycles. The monoisotopic (exact) mass is 643 g/mol. The van der Waals surface area contributed by atoms with Gasteiger partial charge in [-0.15, -0.1) is 0 Å². The number of carbonyl (C=O) groups is 6. The Morgan fingerprint density at radius 1 is 0.957 bits per heavy atom. The van der Waals surface area contributed by atoms with Crippen LogP contribution in [0.5, 0.6) is 0 Å². The van der Waals surface area contributed by atoms with Gasteiger partial charge < -0.3 is 19.7 Å². The number of imide groups is 2. The lowest BCUT2D eigenvalue weighted by Crippen LogP contribution is -2.54. The van der Waals surface area contributed by atoms with Crippen LogP contribution in [0, 0.1) is 0 Å². The van der Waals surface area contributed by atoms with Crippen molar-refractivity contribution in [2.75, 3.05) is 32.8 Å². The zero-order valence-corrected chi connectivity index (χ0v) is 25.9. The molecular formula is C34H37N5O8. The summed E-state index contributed by atoms with van der Waals surface area (Å²) < 4.78 is 11.2. The first-order valence-corrected chi connectivity index (χ1v) is 15.9. The Bertz CT molecular complexity index is 1590. The van der Waals surface area contributed by atoms with Crippen molar-refractivity contribution >= 4 is 35.6 Å². The van der Waals surface area contributed by atoms with Crippen LogP contribution in [0.25, 0.3) is 0 Å². The second kappa shape index (κ2) is 14.3. The second-order valence-electron chi connectivity index (χ2n) is 12.1. The Balaban J connectivity index is 0.985. The molecule has 0 saturated carbocycles. The first kappa shape index (κ1) is 32.1. The van der Waals surface area contributed by atoms with Crippen LogP contribution >= 0.6 is 0 Å². The average molecular weight is 644 g/mol. The van der Waals surface area contributed by atoms with Gasteiger partial charge in [-0.25, -0.2) is 4.79 Å². The molecule has 3 fully saturated rings. The third-order valence-corrected chi connectivity index (χ3v) is 8.92. The van der Waals surface area contributed by atoms with Gasteiger partial charge in [0.2, 0.25) is 17.7 Å². The normalized spacial score (nSPS) is 22.4. The summed E-state index contributed by atoms with van der Waals surface area (Å²) in [7, 11) is 0. The van der Waals surface area contributed by atoms with E-state index < -0.39 is 35.8 Å². The summed E-state index contributed by atoms with van der Waals surface area (Å²) in [6.45, 7) is 3.08. The molecule has 0 bridgehead atoms. The number of alkyl carbamates (subject to hydrolysis) is 1. The van der Waals surface area contributed by atoms with Gasteiger partial charge >= 0.3 is 6.09 Å². The fourth-order valence-electron chi connectivity index (χ4n) is 6.42. The lowest BCUT2D eigenvalue weighted by atomic mass is 10.0. The molecule has 13 heteroatoms. The van der Waals surface area contributed by atoms with E-state index in [9.17, 15) is 28.8 Å². The molecule has 2 aromatic rings. The van der Waals surface area contributed by atoms with Crippen molar-refractivity contribution < 1.29 is 38.2 Å². The molecule has 3 saturated heterocycles. The molecule has 0 spiro atoms. The number of benzene rings is 2. The molecule has 4 aliphatic rings. The molecule has 246 valence electrons. The van der Waals surface area contributed by atoms with Crippen LogP contribution in [0.3, 0.4) is 0 Å². The maximum atomic E-state index is 13.5. The van der Waals surface area contributed by atoms with Gasteiger partial charge in [0.15, 0.2) is 0 Å². The number of piperidine rings is 2. The van der Waals surface area contributed by atoms with Gasteiger partial charge in [-0.2, -0.15) is 0 Å². The number of hydrogen-bond acceptors (Lipinski definition) is 9. The predicted octanol–water partition coefficient (Wildman–Crippen LogP) is 1.76. The third kappa shape index (κ3) is 7.42. The Labute approximate surface area is 271 Å². The number of amides is 6. The number of hydrogen-bond donors (Lipinski definition) is 2. The minimum Gasteiger partial charge on any atom is -0.445 e. The van der Waals surface area contributed by atoms with Crippen molar-refractivity contribution in [3.05, 3.63) is 82.9 Å². The van der Waals surface area contributed by atoms with Gasteiger partial charge in [-0.3, -0.25) is 39.1 Å². The Hall–Kier alpha value is -4.88. The van der Waals surface area contributed by atoms with E-state index in [2.05, 4.69) is 15.5 Å². The summed E-state index contributed by atoms with van der Waals surface area (Å²) in [5.74, 6) is -2.26. The minimum absolute atomic E-state index is 0.0589. The minimum atomic E-state index is -1.02. The van der Waals surface area contributed by atoms with E-state index in [1.54, 1.807) is 29.2 Å². The van der Waals surface area contributed by atoms with Crippen molar-refractivity contribution in [2.45, 2.75) is 57.0 Å². The molecule has 0 radical (unpaired) electrons. The maximum absolute atomic E-state index is 13.5. The first-order valence-electron chi connectivity index (χ1n) is 15.9. The van der Waals surface area contributed by atoms with Crippen LogP contribution < -0.4 is 10.6 Å². The lowest BCUT2D eigenvalue weighted by Gasteiger charge is -2.33. The zero-order valence-electron chi connectivity index (χ0n) is 25.9. The van der Waals surface area contributed by atoms with Crippen molar-refractivity contribution in [2.24, 2.45) is 0 Å². The number of nitrogens with one attached hydrogen (secondary N) is 2. The quantitative estimate of drug-likeness (QED) is 0.324.